The van der Waals surface area contributed by atoms with Crippen molar-refractivity contribution < 1.29 is 21.6 Å². The van der Waals surface area contributed by atoms with Crippen LogP contribution in [0.15, 0.2) is 53.4 Å². The topological polar surface area (TPSA) is 49.4 Å². The normalized spacial score (nSPS) is 18.8. The third kappa shape index (κ3) is 3.86. The molecule has 1 aliphatic rings. The first-order valence-electron chi connectivity index (χ1n) is 8.17. The van der Waals surface area contributed by atoms with Crippen LogP contribution in [0.4, 0.5) is 18.9 Å². The number of hydrogen-bond donors (Lipinski definition) is 1. The van der Waals surface area contributed by atoms with E-state index in [1.807, 2.05) is 30.3 Å². The fraction of sp³-hybridized carbons (Fsp3) is 0.333. The van der Waals surface area contributed by atoms with Crippen molar-refractivity contribution in [2.24, 2.45) is 0 Å². The summed E-state index contributed by atoms with van der Waals surface area (Å²) in [5.74, 6) is 0. The highest BCUT2D eigenvalue weighted by Crippen LogP contribution is 2.34. The van der Waals surface area contributed by atoms with Gasteiger partial charge in [0.15, 0.2) is 0 Å². The monoisotopic (exact) mass is 384 g/mol. The minimum absolute atomic E-state index is 0.00138. The molecule has 1 unspecified atom stereocenters. The second-order valence-electron chi connectivity index (χ2n) is 6.33. The molecule has 0 aliphatic carbocycles. The summed E-state index contributed by atoms with van der Waals surface area (Å²) in [4.78, 5) is -0.323. The lowest BCUT2D eigenvalue weighted by Crippen LogP contribution is -2.31. The van der Waals surface area contributed by atoms with Gasteiger partial charge in [0.25, 0.3) is 0 Å². The maximum absolute atomic E-state index is 13.1. The summed E-state index contributed by atoms with van der Waals surface area (Å²) in [5, 5.41) is 3.25. The van der Waals surface area contributed by atoms with Crippen LogP contribution in [0, 0.1) is 6.92 Å². The average molecular weight is 384 g/mol. The van der Waals surface area contributed by atoms with Crippen molar-refractivity contribution in [3.8, 4) is 0 Å². The van der Waals surface area contributed by atoms with Crippen molar-refractivity contribution >= 4 is 15.7 Å². The molecule has 2 aromatic carbocycles. The second kappa shape index (κ2) is 6.92. The van der Waals surface area contributed by atoms with Crippen LogP contribution in [0.1, 0.15) is 17.5 Å². The van der Waals surface area contributed by atoms with Gasteiger partial charge < -0.3 is 5.32 Å². The summed E-state index contributed by atoms with van der Waals surface area (Å²) >= 11 is 0. The van der Waals surface area contributed by atoms with Crippen LogP contribution in [0.2, 0.25) is 0 Å². The number of nitrogens with one attached hydrogen (secondary N) is 1. The first kappa shape index (κ1) is 18.7. The van der Waals surface area contributed by atoms with E-state index in [4.69, 9.17) is 0 Å². The molecule has 4 nitrogen and oxygen atoms in total. The largest absolute Gasteiger partial charge is 0.416 e. The van der Waals surface area contributed by atoms with Gasteiger partial charge >= 0.3 is 6.18 Å². The molecule has 1 N–H and O–H groups in total. The van der Waals surface area contributed by atoms with Gasteiger partial charge in [-0.05, 0) is 43.2 Å². The number of anilines is 1. The van der Waals surface area contributed by atoms with Crippen molar-refractivity contribution in [2.75, 3.05) is 18.4 Å². The van der Waals surface area contributed by atoms with Gasteiger partial charge in [0, 0.05) is 24.8 Å². The number of rotatable bonds is 4. The van der Waals surface area contributed by atoms with Crippen molar-refractivity contribution in [1.29, 1.82) is 0 Å². The van der Waals surface area contributed by atoms with Gasteiger partial charge in [0.05, 0.1) is 10.5 Å². The molecule has 1 atom stereocenters. The third-order valence-electron chi connectivity index (χ3n) is 4.45. The average Bonchev–Trinajstić information content (AvgIpc) is 3.04. The molecule has 0 saturated carbocycles. The Kier molecular flexibility index (Phi) is 4.98. The van der Waals surface area contributed by atoms with Gasteiger partial charge in [-0.25, -0.2) is 8.42 Å². The van der Waals surface area contributed by atoms with E-state index in [-0.39, 0.29) is 29.6 Å². The van der Waals surface area contributed by atoms with Crippen molar-refractivity contribution in [1.82, 2.24) is 4.31 Å². The zero-order chi connectivity index (χ0) is 18.9. The minimum Gasteiger partial charge on any atom is -0.381 e. The summed E-state index contributed by atoms with van der Waals surface area (Å²) in [6.45, 7) is 1.80. The van der Waals surface area contributed by atoms with Crippen LogP contribution in [0.25, 0.3) is 0 Å². The highest BCUT2D eigenvalue weighted by Gasteiger charge is 2.36. The number of alkyl halides is 3. The Bertz CT molecular complexity index is 883. The predicted molar refractivity (Wildman–Crippen MR) is 93.4 cm³/mol. The summed E-state index contributed by atoms with van der Waals surface area (Å²) in [7, 11) is -3.97. The predicted octanol–water partition coefficient (Wildman–Crippen LogP) is 3.89. The van der Waals surface area contributed by atoms with Gasteiger partial charge in [-0.15, -0.1) is 0 Å². The smallest absolute Gasteiger partial charge is 0.381 e. The second-order valence-corrected chi connectivity index (χ2v) is 8.27. The van der Waals surface area contributed by atoms with E-state index in [1.165, 1.54) is 23.4 Å². The number of aryl methyl sites for hydroxylation is 1. The van der Waals surface area contributed by atoms with Crippen LogP contribution in [0.3, 0.4) is 0 Å². The first-order valence-corrected chi connectivity index (χ1v) is 9.61. The summed E-state index contributed by atoms with van der Waals surface area (Å²) in [6, 6.07) is 12.5. The molecule has 140 valence electrons. The molecule has 1 aliphatic heterocycles. The SMILES string of the molecule is Cc1ccc(S(=O)(=O)N2CCC(Nc3ccccc3)C2)cc1C(F)(F)F. The Morgan fingerprint density at radius 2 is 1.81 bits per heavy atom. The number of halogens is 3. The van der Waals surface area contributed by atoms with Crippen LogP contribution < -0.4 is 5.32 Å². The van der Waals surface area contributed by atoms with Gasteiger partial charge in [-0.3, -0.25) is 0 Å². The molecule has 0 amide bonds. The molecular formula is C18H19F3N2O2S. The van der Waals surface area contributed by atoms with Crippen molar-refractivity contribution in [3.63, 3.8) is 0 Å². The standard InChI is InChI=1S/C18H19F3N2O2S/c1-13-7-8-16(11-17(13)18(19,20)21)26(24,25)23-10-9-15(12-23)22-14-5-3-2-4-6-14/h2-8,11,15,22H,9-10,12H2,1H3. The van der Waals surface area contributed by atoms with Crippen molar-refractivity contribution in [3.05, 3.63) is 59.7 Å². The van der Waals surface area contributed by atoms with Gasteiger partial charge in [0.1, 0.15) is 0 Å². The van der Waals surface area contributed by atoms with Crippen LogP contribution in [-0.4, -0.2) is 31.9 Å². The Morgan fingerprint density at radius 3 is 2.46 bits per heavy atom. The highest BCUT2D eigenvalue weighted by atomic mass is 32.2. The van der Waals surface area contributed by atoms with Gasteiger partial charge in [-0.1, -0.05) is 24.3 Å². The maximum Gasteiger partial charge on any atom is 0.416 e. The molecule has 26 heavy (non-hydrogen) atoms. The van der Waals surface area contributed by atoms with E-state index < -0.39 is 21.8 Å². The van der Waals surface area contributed by atoms with E-state index in [2.05, 4.69) is 5.32 Å². The number of sulfonamides is 1. The molecular weight excluding hydrogens is 365 g/mol. The Morgan fingerprint density at radius 1 is 1.12 bits per heavy atom. The molecule has 2 aromatic rings. The lowest BCUT2D eigenvalue weighted by atomic mass is 10.1. The Labute approximate surface area is 150 Å². The van der Waals surface area contributed by atoms with Crippen molar-refractivity contribution in [2.45, 2.75) is 30.5 Å². The third-order valence-corrected chi connectivity index (χ3v) is 6.31. The molecule has 1 heterocycles. The quantitative estimate of drug-likeness (QED) is 0.870. The molecule has 8 heteroatoms. The zero-order valence-corrected chi connectivity index (χ0v) is 14.9. The first-order chi connectivity index (χ1) is 12.2. The van der Waals surface area contributed by atoms with E-state index in [1.54, 1.807) is 0 Å². The Hall–Kier alpha value is -2.06. The summed E-state index contributed by atoms with van der Waals surface area (Å²) in [6.07, 6.45) is -4.00. The Balaban J connectivity index is 1.79. The van der Waals surface area contributed by atoms with Crippen LogP contribution in [0.5, 0.6) is 0 Å². The molecule has 3 rings (SSSR count). The van der Waals surface area contributed by atoms with Gasteiger partial charge in [0.2, 0.25) is 10.0 Å². The van der Waals surface area contributed by atoms with Crippen LogP contribution >= 0.6 is 0 Å². The molecule has 0 radical (unpaired) electrons. The van der Waals surface area contributed by atoms with Crippen LogP contribution in [-0.2, 0) is 16.2 Å². The number of nitrogens with zero attached hydrogens (tertiary/aromatic N) is 1. The highest BCUT2D eigenvalue weighted by molar-refractivity contribution is 7.89. The molecule has 0 aromatic heterocycles. The minimum atomic E-state index is -4.59. The lowest BCUT2D eigenvalue weighted by molar-refractivity contribution is -0.138. The van der Waals surface area contributed by atoms with Gasteiger partial charge in [-0.2, -0.15) is 17.5 Å². The summed E-state index contributed by atoms with van der Waals surface area (Å²) in [5.41, 5.74) is -0.0373. The zero-order valence-electron chi connectivity index (χ0n) is 14.1. The number of hydrogen-bond acceptors (Lipinski definition) is 3. The van der Waals surface area contributed by atoms with E-state index in [9.17, 15) is 21.6 Å². The number of para-hydroxylation sites is 1. The molecule has 1 saturated heterocycles. The fourth-order valence-electron chi connectivity index (χ4n) is 3.05. The van der Waals surface area contributed by atoms with E-state index in [0.717, 1.165) is 11.8 Å². The number of benzene rings is 2. The molecule has 0 bridgehead atoms. The summed E-state index contributed by atoms with van der Waals surface area (Å²) < 4.78 is 66.0. The maximum atomic E-state index is 13.1. The van der Waals surface area contributed by atoms with E-state index >= 15 is 0 Å². The fourth-order valence-corrected chi connectivity index (χ4v) is 4.58. The van der Waals surface area contributed by atoms with E-state index in [0.29, 0.717) is 6.42 Å². The molecule has 1 fully saturated rings. The lowest BCUT2D eigenvalue weighted by Gasteiger charge is -2.19. The molecule has 0 spiro atoms.